The van der Waals surface area contributed by atoms with Crippen molar-refractivity contribution in [3.8, 4) is 0 Å². The first-order valence-electron chi connectivity index (χ1n) is 7.17. The van der Waals surface area contributed by atoms with Crippen molar-refractivity contribution >= 4 is 5.91 Å². The molecule has 1 aromatic rings. The second kappa shape index (κ2) is 8.70. The number of rotatable bonds is 8. The summed E-state index contributed by atoms with van der Waals surface area (Å²) in [5.41, 5.74) is 7.00. The van der Waals surface area contributed by atoms with Crippen LogP contribution in [0.4, 0.5) is 0 Å². The number of hydrogen-bond donors (Lipinski definition) is 2. The molecule has 106 valence electrons. The molecule has 3 nitrogen and oxygen atoms in total. The lowest BCUT2D eigenvalue weighted by molar-refractivity contribution is -0.122. The van der Waals surface area contributed by atoms with Gasteiger partial charge in [0.25, 0.3) is 0 Å². The molecule has 0 saturated carbocycles. The summed E-state index contributed by atoms with van der Waals surface area (Å²) in [7, 11) is 0. The lowest BCUT2D eigenvalue weighted by atomic mass is 10.1. The topological polar surface area (TPSA) is 55.1 Å². The SMILES string of the molecule is CC(C)CCCCNC(=O)C(N)Cc1ccccc1. The van der Waals surface area contributed by atoms with Gasteiger partial charge in [-0.2, -0.15) is 0 Å². The predicted octanol–water partition coefficient (Wildman–Crippen LogP) is 2.50. The van der Waals surface area contributed by atoms with E-state index in [0.717, 1.165) is 30.9 Å². The van der Waals surface area contributed by atoms with Gasteiger partial charge in [0.15, 0.2) is 0 Å². The Bertz CT molecular complexity index is 362. The molecule has 0 radical (unpaired) electrons. The molecule has 19 heavy (non-hydrogen) atoms. The molecule has 1 aromatic carbocycles. The van der Waals surface area contributed by atoms with Crippen molar-refractivity contribution < 1.29 is 4.79 Å². The molecule has 1 amide bonds. The Kier molecular flexibility index (Phi) is 7.19. The van der Waals surface area contributed by atoms with Gasteiger partial charge in [-0.05, 0) is 24.3 Å². The van der Waals surface area contributed by atoms with Gasteiger partial charge in [0, 0.05) is 6.54 Å². The van der Waals surface area contributed by atoms with Crippen molar-refractivity contribution in [3.63, 3.8) is 0 Å². The standard InChI is InChI=1S/C16H26N2O/c1-13(2)8-6-7-11-18-16(19)15(17)12-14-9-4-3-5-10-14/h3-5,9-10,13,15H,6-8,11-12,17H2,1-2H3,(H,18,19). The van der Waals surface area contributed by atoms with E-state index in [1.54, 1.807) is 0 Å². The number of benzene rings is 1. The van der Waals surface area contributed by atoms with E-state index in [-0.39, 0.29) is 5.91 Å². The van der Waals surface area contributed by atoms with Crippen LogP contribution in [0.25, 0.3) is 0 Å². The third-order valence-electron chi connectivity index (χ3n) is 3.14. The lowest BCUT2D eigenvalue weighted by Crippen LogP contribution is -2.42. The highest BCUT2D eigenvalue weighted by Crippen LogP contribution is 2.05. The molecule has 0 aliphatic rings. The van der Waals surface area contributed by atoms with Gasteiger partial charge in [-0.25, -0.2) is 0 Å². The molecule has 0 aliphatic heterocycles. The minimum absolute atomic E-state index is 0.0478. The third kappa shape index (κ3) is 6.97. The maximum absolute atomic E-state index is 11.8. The van der Waals surface area contributed by atoms with E-state index >= 15 is 0 Å². The van der Waals surface area contributed by atoms with Gasteiger partial charge in [0.2, 0.25) is 5.91 Å². The van der Waals surface area contributed by atoms with Gasteiger partial charge in [0.1, 0.15) is 0 Å². The molecule has 0 fully saturated rings. The quantitative estimate of drug-likeness (QED) is 0.707. The van der Waals surface area contributed by atoms with Gasteiger partial charge < -0.3 is 11.1 Å². The van der Waals surface area contributed by atoms with Crippen LogP contribution in [0, 0.1) is 5.92 Å². The molecule has 1 unspecified atom stereocenters. The highest BCUT2D eigenvalue weighted by Gasteiger charge is 2.12. The predicted molar refractivity (Wildman–Crippen MR) is 79.8 cm³/mol. The van der Waals surface area contributed by atoms with Crippen molar-refractivity contribution in [1.29, 1.82) is 0 Å². The van der Waals surface area contributed by atoms with Crippen molar-refractivity contribution in [2.45, 2.75) is 45.6 Å². The van der Waals surface area contributed by atoms with Crippen LogP contribution in [0.3, 0.4) is 0 Å². The number of amides is 1. The monoisotopic (exact) mass is 262 g/mol. The minimum atomic E-state index is -0.451. The molecule has 0 aliphatic carbocycles. The summed E-state index contributed by atoms with van der Waals surface area (Å²) in [6.45, 7) is 5.16. The Morgan fingerprint density at radius 1 is 1.21 bits per heavy atom. The van der Waals surface area contributed by atoms with Crippen LogP contribution < -0.4 is 11.1 Å². The van der Waals surface area contributed by atoms with E-state index in [1.807, 2.05) is 30.3 Å². The Balaban J connectivity index is 2.18. The summed E-state index contributed by atoms with van der Waals surface area (Å²) >= 11 is 0. The smallest absolute Gasteiger partial charge is 0.237 e. The summed E-state index contributed by atoms with van der Waals surface area (Å²) in [6.07, 6.45) is 4.00. The molecule has 3 N–H and O–H groups in total. The van der Waals surface area contributed by atoms with E-state index in [1.165, 1.54) is 6.42 Å². The normalized spacial score (nSPS) is 12.4. The Morgan fingerprint density at radius 2 is 1.89 bits per heavy atom. The first-order valence-corrected chi connectivity index (χ1v) is 7.17. The number of unbranched alkanes of at least 4 members (excludes halogenated alkanes) is 1. The summed E-state index contributed by atoms with van der Waals surface area (Å²) < 4.78 is 0. The van der Waals surface area contributed by atoms with E-state index < -0.39 is 6.04 Å². The van der Waals surface area contributed by atoms with Crippen LogP contribution in [0.5, 0.6) is 0 Å². The molecule has 1 atom stereocenters. The van der Waals surface area contributed by atoms with Gasteiger partial charge in [-0.15, -0.1) is 0 Å². The molecule has 0 aromatic heterocycles. The first kappa shape index (κ1) is 15.7. The zero-order chi connectivity index (χ0) is 14.1. The summed E-state index contributed by atoms with van der Waals surface area (Å²) in [6, 6.07) is 9.43. The van der Waals surface area contributed by atoms with Crippen LogP contribution in [-0.4, -0.2) is 18.5 Å². The number of hydrogen-bond acceptors (Lipinski definition) is 2. The van der Waals surface area contributed by atoms with Crippen LogP contribution in [0.2, 0.25) is 0 Å². The van der Waals surface area contributed by atoms with Crippen molar-refractivity contribution in [2.24, 2.45) is 11.7 Å². The molecule has 3 heteroatoms. The van der Waals surface area contributed by atoms with Crippen LogP contribution in [-0.2, 0) is 11.2 Å². The summed E-state index contributed by atoms with van der Waals surface area (Å²) in [4.78, 5) is 11.8. The van der Waals surface area contributed by atoms with Crippen LogP contribution in [0.15, 0.2) is 30.3 Å². The van der Waals surface area contributed by atoms with Crippen molar-refractivity contribution in [3.05, 3.63) is 35.9 Å². The van der Waals surface area contributed by atoms with E-state index in [4.69, 9.17) is 5.73 Å². The largest absolute Gasteiger partial charge is 0.355 e. The number of carbonyl (C=O) groups is 1. The molecule has 0 heterocycles. The zero-order valence-electron chi connectivity index (χ0n) is 12.1. The summed E-state index contributed by atoms with van der Waals surface area (Å²) in [5, 5.41) is 2.91. The minimum Gasteiger partial charge on any atom is -0.355 e. The fourth-order valence-electron chi connectivity index (χ4n) is 1.98. The Hall–Kier alpha value is -1.35. The maximum atomic E-state index is 11.8. The fourth-order valence-corrected chi connectivity index (χ4v) is 1.98. The van der Waals surface area contributed by atoms with E-state index in [0.29, 0.717) is 6.42 Å². The number of nitrogens with two attached hydrogens (primary N) is 1. The van der Waals surface area contributed by atoms with Crippen LogP contribution in [0.1, 0.15) is 38.7 Å². The molecule has 1 rings (SSSR count). The Labute approximate surface area is 116 Å². The Morgan fingerprint density at radius 3 is 2.53 bits per heavy atom. The molecule has 0 saturated heterocycles. The number of carbonyl (C=O) groups excluding carboxylic acids is 1. The average molecular weight is 262 g/mol. The lowest BCUT2D eigenvalue weighted by Gasteiger charge is -2.12. The van der Waals surface area contributed by atoms with Crippen molar-refractivity contribution in [1.82, 2.24) is 5.32 Å². The van der Waals surface area contributed by atoms with Crippen molar-refractivity contribution in [2.75, 3.05) is 6.54 Å². The van der Waals surface area contributed by atoms with Gasteiger partial charge in [-0.1, -0.05) is 57.0 Å². The van der Waals surface area contributed by atoms with Gasteiger partial charge in [0.05, 0.1) is 6.04 Å². The molecular formula is C16H26N2O. The molecular weight excluding hydrogens is 236 g/mol. The maximum Gasteiger partial charge on any atom is 0.237 e. The fraction of sp³-hybridized carbons (Fsp3) is 0.562. The summed E-state index contributed by atoms with van der Waals surface area (Å²) in [5.74, 6) is 0.685. The van der Waals surface area contributed by atoms with Gasteiger partial charge >= 0.3 is 0 Å². The molecule has 0 spiro atoms. The second-order valence-electron chi connectivity index (χ2n) is 5.48. The average Bonchev–Trinajstić information content (AvgIpc) is 2.38. The molecule has 0 bridgehead atoms. The highest BCUT2D eigenvalue weighted by atomic mass is 16.2. The van der Waals surface area contributed by atoms with Crippen LogP contribution >= 0.6 is 0 Å². The zero-order valence-corrected chi connectivity index (χ0v) is 12.1. The van der Waals surface area contributed by atoms with Gasteiger partial charge in [-0.3, -0.25) is 4.79 Å². The first-order chi connectivity index (χ1) is 9.09. The highest BCUT2D eigenvalue weighted by molar-refractivity contribution is 5.81. The number of nitrogens with one attached hydrogen (secondary N) is 1. The third-order valence-corrected chi connectivity index (χ3v) is 3.14. The second-order valence-corrected chi connectivity index (χ2v) is 5.48. The van der Waals surface area contributed by atoms with E-state index in [2.05, 4.69) is 19.2 Å². The van der Waals surface area contributed by atoms with E-state index in [9.17, 15) is 4.79 Å².